The minimum atomic E-state index is -5.24. The smallest absolute Gasteiger partial charge is 0.432 e. The molecule has 45 heavy (non-hydrogen) atoms. The first kappa shape index (κ1) is 35.5. The molecule has 0 heterocycles. The quantitative estimate of drug-likeness (QED) is 0.175. The van der Waals surface area contributed by atoms with E-state index in [4.69, 9.17) is 18.9 Å². The average molecular weight is 643 g/mol. The number of hydrogen-bond acceptors (Lipinski definition) is 7. The van der Waals surface area contributed by atoms with Gasteiger partial charge in [-0.2, -0.15) is 26.3 Å². The summed E-state index contributed by atoms with van der Waals surface area (Å²) in [4.78, 5) is 26.4. The Labute approximate surface area is 255 Å². The molecule has 1 N–H and O–H groups in total. The van der Waals surface area contributed by atoms with Crippen molar-refractivity contribution in [3.63, 3.8) is 0 Å². The third kappa shape index (κ3) is 6.85. The van der Waals surface area contributed by atoms with Crippen molar-refractivity contribution in [1.82, 2.24) is 0 Å². The molecule has 0 amide bonds. The van der Waals surface area contributed by atoms with Crippen LogP contribution in [0, 0.1) is 0 Å². The fourth-order valence-electron chi connectivity index (χ4n) is 4.81. The Morgan fingerprint density at radius 2 is 0.911 bits per heavy atom. The van der Waals surface area contributed by atoms with Crippen molar-refractivity contribution in [3.8, 4) is 0 Å². The maximum absolute atomic E-state index is 14.4. The number of ether oxygens (including phenoxy) is 4. The highest BCUT2D eigenvalue weighted by Crippen LogP contribution is 2.45. The summed E-state index contributed by atoms with van der Waals surface area (Å²) < 4.78 is 106. The lowest BCUT2D eigenvalue weighted by molar-refractivity contribution is -0.279. The second-order valence-corrected chi connectivity index (χ2v) is 10.2. The highest BCUT2D eigenvalue weighted by molar-refractivity contribution is 5.83. The lowest BCUT2D eigenvalue weighted by atomic mass is 9.92. The summed E-state index contributed by atoms with van der Waals surface area (Å²) in [5.74, 6) is -3.56. The number of carbonyl (C=O) groups excluding carboxylic acids is 2. The van der Waals surface area contributed by atoms with Gasteiger partial charge in [-0.3, -0.25) is 0 Å². The molecule has 7 nitrogen and oxygen atoms in total. The third-order valence-electron chi connectivity index (χ3n) is 7.34. The predicted octanol–water partition coefficient (Wildman–Crippen LogP) is 7.16. The molecule has 0 bridgehead atoms. The van der Waals surface area contributed by atoms with Crippen molar-refractivity contribution in [3.05, 3.63) is 107 Å². The van der Waals surface area contributed by atoms with Gasteiger partial charge in [0.15, 0.2) is 0 Å². The van der Waals surface area contributed by atoms with Crippen LogP contribution in [-0.4, -0.2) is 43.6 Å². The number of rotatable bonds is 11. The van der Waals surface area contributed by atoms with E-state index in [2.05, 4.69) is 0 Å². The van der Waals surface area contributed by atoms with Crippen molar-refractivity contribution in [1.29, 1.82) is 0 Å². The predicted molar refractivity (Wildman–Crippen MR) is 148 cm³/mol. The molecule has 0 aliphatic carbocycles. The summed E-state index contributed by atoms with van der Waals surface area (Å²) in [7, 11) is 1.43. The van der Waals surface area contributed by atoms with E-state index in [1.54, 1.807) is 0 Å². The van der Waals surface area contributed by atoms with Crippen LogP contribution in [-0.2, 0) is 39.7 Å². The zero-order valence-electron chi connectivity index (χ0n) is 24.9. The normalized spacial score (nSPS) is 16.9. The van der Waals surface area contributed by atoms with Crippen LogP contribution in [0.5, 0.6) is 0 Å². The maximum atomic E-state index is 14.4. The number of hydrogen-bond donors (Lipinski definition) is 1. The summed E-state index contributed by atoms with van der Waals surface area (Å²) in [6, 6.07) is 16.3. The molecule has 0 aromatic heterocycles. The molecule has 0 fully saturated rings. The molecule has 2 unspecified atom stereocenters. The molecule has 3 aromatic rings. The van der Waals surface area contributed by atoms with Gasteiger partial charge in [-0.05, 0) is 55.7 Å². The van der Waals surface area contributed by atoms with E-state index in [0.717, 1.165) is 24.3 Å². The van der Waals surface area contributed by atoms with Crippen LogP contribution in [0.2, 0.25) is 0 Å². The van der Waals surface area contributed by atoms with Crippen LogP contribution < -0.4 is 0 Å². The number of aliphatic hydroxyl groups is 1. The van der Waals surface area contributed by atoms with Gasteiger partial charge in [0.2, 0.25) is 0 Å². The molecule has 3 rings (SSSR count). The molecule has 13 heteroatoms. The van der Waals surface area contributed by atoms with Crippen molar-refractivity contribution in [2.45, 2.75) is 62.6 Å². The number of benzene rings is 3. The third-order valence-corrected chi connectivity index (χ3v) is 7.34. The SMILES string of the molecule is COC(C(=O)O[C@@H](C)c1cc([C@H](C)O)cc([C@@H](C)OC(=O)C(OC)(c2ccccc2)C(F)(F)F)c1)(c1ccccc1)C(F)(F)F. The van der Waals surface area contributed by atoms with E-state index in [0.29, 0.717) is 14.2 Å². The molecular weight excluding hydrogens is 610 g/mol. The Hall–Kier alpha value is -3.94. The largest absolute Gasteiger partial charge is 0.455 e. The number of aliphatic hydroxyl groups excluding tert-OH is 1. The highest BCUT2D eigenvalue weighted by atomic mass is 19.4. The van der Waals surface area contributed by atoms with Gasteiger partial charge in [-0.1, -0.05) is 60.7 Å². The monoisotopic (exact) mass is 642 g/mol. The standard InChI is InChI=1S/C32H32F6O7/c1-19(39)22-16-23(20(2)44-27(40)29(42-4,31(33,34)35)25-12-8-6-9-13-25)18-24(17-22)21(3)45-28(41)30(43-5,32(36,37)38)26-14-10-7-11-15-26/h6-21,39H,1-5H3/t19-,20-,21+,29?,30?/m0/s1. The van der Waals surface area contributed by atoms with Gasteiger partial charge in [-0.25, -0.2) is 9.59 Å². The Balaban J connectivity index is 2.00. The van der Waals surface area contributed by atoms with Crippen LogP contribution in [0.25, 0.3) is 0 Å². The van der Waals surface area contributed by atoms with Gasteiger partial charge in [0.05, 0.1) is 6.10 Å². The van der Waals surface area contributed by atoms with Crippen molar-refractivity contribution < 1.29 is 60.0 Å². The summed E-state index contributed by atoms with van der Waals surface area (Å²) >= 11 is 0. The molecule has 0 saturated carbocycles. The number of esters is 2. The molecule has 0 saturated heterocycles. The maximum Gasteiger partial charge on any atom is 0.432 e. The van der Waals surface area contributed by atoms with Gasteiger partial charge >= 0.3 is 24.3 Å². The fraction of sp³-hybridized carbons (Fsp3) is 0.375. The number of alkyl halides is 6. The number of halogens is 6. The van der Waals surface area contributed by atoms with Gasteiger partial charge in [0.1, 0.15) is 12.2 Å². The number of carbonyl (C=O) groups is 2. The fourth-order valence-corrected chi connectivity index (χ4v) is 4.81. The average Bonchev–Trinajstić information content (AvgIpc) is 2.97. The van der Waals surface area contributed by atoms with E-state index < -0.39 is 64.9 Å². The van der Waals surface area contributed by atoms with Crippen LogP contribution >= 0.6 is 0 Å². The summed E-state index contributed by atoms with van der Waals surface area (Å²) in [5, 5.41) is 10.3. The van der Waals surface area contributed by atoms with E-state index in [-0.39, 0.29) is 16.7 Å². The summed E-state index contributed by atoms with van der Waals surface area (Å²) in [6.07, 6.45) is -14.4. The van der Waals surface area contributed by atoms with Crippen LogP contribution in [0.3, 0.4) is 0 Å². The van der Waals surface area contributed by atoms with E-state index in [1.165, 1.54) is 75.4 Å². The minimum Gasteiger partial charge on any atom is -0.455 e. The molecular formula is C32H32F6O7. The first-order valence-electron chi connectivity index (χ1n) is 13.6. The zero-order valence-corrected chi connectivity index (χ0v) is 24.9. The lowest BCUT2D eigenvalue weighted by Crippen LogP contribution is -2.52. The van der Waals surface area contributed by atoms with Gasteiger partial charge < -0.3 is 24.1 Å². The first-order chi connectivity index (χ1) is 21.0. The molecule has 0 aliphatic rings. The van der Waals surface area contributed by atoms with E-state index in [9.17, 15) is 41.0 Å². The molecule has 0 aliphatic heterocycles. The topological polar surface area (TPSA) is 91.3 Å². The highest BCUT2D eigenvalue weighted by Gasteiger charge is 2.65. The van der Waals surface area contributed by atoms with Crippen molar-refractivity contribution in [2.24, 2.45) is 0 Å². The van der Waals surface area contributed by atoms with Crippen LogP contribution in [0.1, 0.15) is 66.9 Å². The summed E-state index contributed by atoms with van der Waals surface area (Å²) in [6.45, 7) is 3.88. The Morgan fingerprint density at radius 3 is 1.18 bits per heavy atom. The van der Waals surface area contributed by atoms with Gasteiger partial charge in [0.25, 0.3) is 11.2 Å². The van der Waals surface area contributed by atoms with Gasteiger partial charge in [0, 0.05) is 25.3 Å². The molecule has 5 atom stereocenters. The van der Waals surface area contributed by atoms with E-state index >= 15 is 0 Å². The number of methoxy groups -OCH3 is 2. The van der Waals surface area contributed by atoms with Crippen molar-refractivity contribution >= 4 is 11.9 Å². The van der Waals surface area contributed by atoms with E-state index in [1.807, 2.05) is 0 Å². The lowest BCUT2D eigenvalue weighted by Gasteiger charge is -2.34. The Morgan fingerprint density at radius 1 is 0.600 bits per heavy atom. The second-order valence-electron chi connectivity index (χ2n) is 10.2. The van der Waals surface area contributed by atoms with Crippen molar-refractivity contribution in [2.75, 3.05) is 14.2 Å². The van der Waals surface area contributed by atoms with Crippen LogP contribution in [0.4, 0.5) is 26.3 Å². The van der Waals surface area contributed by atoms with Gasteiger partial charge in [-0.15, -0.1) is 0 Å². The zero-order chi connectivity index (χ0) is 33.8. The summed E-state index contributed by atoms with van der Waals surface area (Å²) in [5.41, 5.74) is -7.75. The minimum absolute atomic E-state index is 0.0526. The molecule has 0 radical (unpaired) electrons. The Kier molecular flexibility index (Phi) is 10.7. The molecule has 0 spiro atoms. The van der Waals surface area contributed by atoms with Crippen LogP contribution in [0.15, 0.2) is 78.9 Å². The molecule has 3 aromatic carbocycles. The first-order valence-corrected chi connectivity index (χ1v) is 13.6. The molecule has 244 valence electrons. The second kappa shape index (κ2) is 13.6. The Bertz CT molecular complexity index is 1360.